The predicted octanol–water partition coefficient (Wildman–Crippen LogP) is 2.57. The average Bonchev–Trinajstić information content (AvgIpc) is 3.10. The lowest BCUT2D eigenvalue weighted by Crippen LogP contribution is -2.25. The average molecular weight is 293 g/mol. The van der Waals surface area contributed by atoms with Crippen LogP contribution in [0.15, 0.2) is 29.9 Å². The number of nitrogens with one attached hydrogen (secondary N) is 1. The molecule has 0 saturated carbocycles. The van der Waals surface area contributed by atoms with Crippen LogP contribution in [0.25, 0.3) is 0 Å². The highest BCUT2D eigenvalue weighted by molar-refractivity contribution is 7.10. The van der Waals surface area contributed by atoms with Crippen LogP contribution in [0.1, 0.15) is 36.5 Å². The van der Waals surface area contributed by atoms with Crippen molar-refractivity contribution in [1.82, 2.24) is 14.9 Å². The molecule has 2 rings (SSSR count). The summed E-state index contributed by atoms with van der Waals surface area (Å²) in [6, 6.07) is 4.37. The highest BCUT2D eigenvalue weighted by atomic mass is 32.1. The normalized spacial score (nSPS) is 14.3. The summed E-state index contributed by atoms with van der Waals surface area (Å²) < 4.78 is 2.06. The van der Waals surface area contributed by atoms with E-state index in [2.05, 4.69) is 39.3 Å². The predicted molar refractivity (Wildman–Crippen MR) is 82.9 cm³/mol. The van der Waals surface area contributed by atoms with Gasteiger partial charge in [0, 0.05) is 30.9 Å². The largest absolute Gasteiger partial charge is 0.396 e. The van der Waals surface area contributed by atoms with E-state index in [1.807, 2.05) is 19.4 Å². The summed E-state index contributed by atoms with van der Waals surface area (Å²) in [7, 11) is 2.03. The fourth-order valence-electron chi connectivity index (χ4n) is 2.22. The molecule has 0 spiro atoms. The zero-order chi connectivity index (χ0) is 14.4. The molecular weight excluding hydrogens is 270 g/mol. The molecule has 2 N–H and O–H groups in total. The van der Waals surface area contributed by atoms with Crippen LogP contribution >= 0.6 is 11.3 Å². The Morgan fingerprint density at radius 3 is 2.95 bits per heavy atom. The second-order valence-electron chi connectivity index (χ2n) is 5.23. The second-order valence-corrected chi connectivity index (χ2v) is 6.21. The minimum atomic E-state index is 0.152. The minimum absolute atomic E-state index is 0.152. The van der Waals surface area contributed by atoms with Crippen LogP contribution < -0.4 is 5.32 Å². The van der Waals surface area contributed by atoms with E-state index in [4.69, 9.17) is 5.11 Å². The third kappa shape index (κ3) is 3.91. The molecule has 4 nitrogen and oxygen atoms in total. The van der Waals surface area contributed by atoms with Gasteiger partial charge in [0.2, 0.25) is 0 Å². The molecule has 2 atom stereocenters. The molecule has 0 bridgehead atoms. The highest BCUT2D eigenvalue weighted by Crippen LogP contribution is 2.24. The van der Waals surface area contributed by atoms with Crippen LogP contribution in [0.3, 0.4) is 0 Å². The van der Waals surface area contributed by atoms with Gasteiger partial charge in [-0.1, -0.05) is 13.0 Å². The first-order chi connectivity index (χ1) is 9.72. The number of rotatable bonds is 8. The van der Waals surface area contributed by atoms with Crippen LogP contribution in [-0.4, -0.2) is 27.8 Å². The van der Waals surface area contributed by atoms with Gasteiger partial charge in [0.15, 0.2) is 0 Å². The zero-order valence-corrected chi connectivity index (χ0v) is 12.9. The topological polar surface area (TPSA) is 50.1 Å². The Kier molecular flexibility index (Phi) is 5.76. The van der Waals surface area contributed by atoms with Crippen molar-refractivity contribution in [3.8, 4) is 0 Å². The van der Waals surface area contributed by atoms with Gasteiger partial charge < -0.3 is 15.0 Å². The summed E-state index contributed by atoms with van der Waals surface area (Å²) in [5.74, 6) is 1.42. The molecule has 2 heterocycles. The van der Waals surface area contributed by atoms with Crippen molar-refractivity contribution in [3.63, 3.8) is 0 Å². The summed E-state index contributed by atoms with van der Waals surface area (Å²) in [5.41, 5.74) is 0. The third-order valence-corrected chi connectivity index (χ3v) is 4.42. The Hall–Kier alpha value is -1.17. The zero-order valence-electron chi connectivity index (χ0n) is 12.1. The standard InChI is InChI=1S/C15H23N3OS/c1-12(11-19)5-3-7-16-14(13-6-4-10-20-13)15-17-8-9-18(15)2/h4,6,8-10,12,14,16,19H,3,5,7,11H2,1-2H3. The molecule has 0 saturated heterocycles. The summed E-state index contributed by atoms with van der Waals surface area (Å²) >= 11 is 1.75. The van der Waals surface area contributed by atoms with Gasteiger partial charge >= 0.3 is 0 Å². The van der Waals surface area contributed by atoms with Crippen molar-refractivity contribution in [2.45, 2.75) is 25.8 Å². The molecular formula is C15H23N3OS. The van der Waals surface area contributed by atoms with Crippen LogP contribution in [0.4, 0.5) is 0 Å². The lowest BCUT2D eigenvalue weighted by Gasteiger charge is -2.18. The molecule has 0 fully saturated rings. The van der Waals surface area contributed by atoms with E-state index >= 15 is 0 Å². The van der Waals surface area contributed by atoms with Crippen molar-refractivity contribution >= 4 is 11.3 Å². The van der Waals surface area contributed by atoms with Crippen LogP contribution in [0.2, 0.25) is 0 Å². The van der Waals surface area contributed by atoms with Crippen molar-refractivity contribution in [2.75, 3.05) is 13.2 Å². The number of nitrogens with zero attached hydrogens (tertiary/aromatic N) is 2. The summed E-state index contributed by atoms with van der Waals surface area (Å²) in [5, 5.41) is 14.7. The number of hydrogen-bond donors (Lipinski definition) is 2. The number of aliphatic hydroxyl groups is 1. The quantitative estimate of drug-likeness (QED) is 0.736. The number of aryl methyl sites for hydroxylation is 1. The van der Waals surface area contributed by atoms with Gasteiger partial charge in [-0.15, -0.1) is 11.3 Å². The van der Waals surface area contributed by atoms with Gasteiger partial charge in [-0.3, -0.25) is 0 Å². The molecule has 0 amide bonds. The fraction of sp³-hybridized carbons (Fsp3) is 0.533. The van der Waals surface area contributed by atoms with E-state index < -0.39 is 0 Å². The van der Waals surface area contributed by atoms with E-state index in [1.165, 1.54) is 4.88 Å². The molecule has 0 aromatic carbocycles. The van der Waals surface area contributed by atoms with Crippen molar-refractivity contribution in [3.05, 3.63) is 40.6 Å². The first-order valence-corrected chi connectivity index (χ1v) is 7.95. The lowest BCUT2D eigenvalue weighted by molar-refractivity contribution is 0.227. The number of thiophene rings is 1. The van der Waals surface area contributed by atoms with E-state index in [0.29, 0.717) is 5.92 Å². The molecule has 110 valence electrons. The molecule has 2 aromatic heterocycles. The molecule has 20 heavy (non-hydrogen) atoms. The van der Waals surface area contributed by atoms with Gasteiger partial charge in [0.1, 0.15) is 11.9 Å². The summed E-state index contributed by atoms with van der Waals surface area (Å²) in [4.78, 5) is 5.76. The Bertz CT molecular complexity index is 495. The van der Waals surface area contributed by atoms with E-state index in [-0.39, 0.29) is 12.6 Å². The number of imidazole rings is 1. The maximum Gasteiger partial charge on any atom is 0.131 e. The molecule has 5 heteroatoms. The molecule has 0 aliphatic heterocycles. The number of aliphatic hydroxyl groups excluding tert-OH is 1. The van der Waals surface area contributed by atoms with Gasteiger partial charge in [-0.05, 0) is 36.8 Å². The van der Waals surface area contributed by atoms with Crippen molar-refractivity contribution in [1.29, 1.82) is 0 Å². The first-order valence-electron chi connectivity index (χ1n) is 7.07. The smallest absolute Gasteiger partial charge is 0.131 e. The molecule has 2 unspecified atom stereocenters. The van der Waals surface area contributed by atoms with E-state index in [1.54, 1.807) is 11.3 Å². The number of aromatic nitrogens is 2. The molecule has 0 radical (unpaired) electrons. The fourth-order valence-corrected chi connectivity index (χ4v) is 3.01. The monoisotopic (exact) mass is 293 g/mol. The third-order valence-electron chi connectivity index (χ3n) is 3.48. The number of hydrogen-bond acceptors (Lipinski definition) is 4. The van der Waals surface area contributed by atoms with Crippen molar-refractivity contribution < 1.29 is 5.11 Å². The Labute approximate surface area is 124 Å². The van der Waals surface area contributed by atoms with Gasteiger partial charge in [0.25, 0.3) is 0 Å². The SMILES string of the molecule is CC(CO)CCCNC(c1cccs1)c1nccn1C. The van der Waals surface area contributed by atoms with Crippen LogP contribution in [0.5, 0.6) is 0 Å². The Morgan fingerprint density at radius 1 is 1.50 bits per heavy atom. The maximum atomic E-state index is 9.05. The van der Waals surface area contributed by atoms with E-state index in [0.717, 1.165) is 25.2 Å². The molecule has 0 aliphatic carbocycles. The first kappa shape index (κ1) is 15.2. The van der Waals surface area contributed by atoms with Gasteiger partial charge in [-0.2, -0.15) is 0 Å². The minimum Gasteiger partial charge on any atom is -0.396 e. The van der Waals surface area contributed by atoms with Crippen molar-refractivity contribution in [2.24, 2.45) is 13.0 Å². The van der Waals surface area contributed by atoms with E-state index in [9.17, 15) is 0 Å². The molecule has 0 aliphatic rings. The summed E-state index contributed by atoms with van der Waals surface area (Å²) in [6.45, 7) is 3.28. The molecule has 2 aromatic rings. The van der Waals surface area contributed by atoms with Crippen LogP contribution in [0, 0.1) is 5.92 Å². The van der Waals surface area contributed by atoms with Crippen LogP contribution in [-0.2, 0) is 7.05 Å². The Morgan fingerprint density at radius 2 is 2.35 bits per heavy atom. The Balaban J connectivity index is 1.97. The van der Waals surface area contributed by atoms with Gasteiger partial charge in [0.05, 0.1) is 0 Å². The lowest BCUT2D eigenvalue weighted by atomic mass is 10.1. The second kappa shape index (κ2) is 7.57. The summed E-state index contributed by atoms with van der Waals surface area (Å²) in [6.07, 6.45) is 5.92. The maximum absolute atomic E-state index is 9.05. The van der Waals surface area contributed by atoms with Gasteiger partial charge in [-0.25, -0.2) is 4.98 Å². The highest BCUT2D eigenvalue weighted by Gasteiger charge is 2.18.